The molecule has 2 aromatic rings. The molecule has 0 bridgehead atoms. The molecule has 0 unspecified atom stereocenters. The first-order chi connectivity index (χ1) is 11.9. The fraction of sp³-hybridized carbons (Fsp3) is 0.474. The lowest BCUT2D eigenvalue weighted by atomic mass is 10.0. The third-order valence-corrected chi connectivity index (χ3v) is 4.63. The third kappa shape index (κ3) is 4.07. The number of pyridine rings is 1. The van der Waals surface area contributed by atoms with E-state index in [-0.39, 0.29) is 5.82 Å². The molecule has 3 rings (SSSR count). The molecule has 5 nitrogen and oxygen atoms in total. The number of nitrogens with zero attached hydrogens (tertiary/aromatic N) is 2. The molecule has 25 heavy (non-hydrogen) atoms. The van der Waals surface area contributed by atoms with Crippen LogP contribution in [0, 0.1) is 11.7 Å². The number of nitrogens with two attached hydrogens (primary N) is 1. The van der Waals surface area contributed by atoms with Gasteiger partial charge in [-0.1, -0.05) is 13.8 Å². The summed E-state index contributed by atoms with van der Waals surface area (Å²) in [7, 11) is 0. The van der Waals surface area contributed by atoms with Crippen molar-refractivity contribution in [2.24, 2.45) is 11.7 Å². The van der Waals surface area contributed by atoms with Gasteiger partial charge in [-0.05, 0) is 43.5 Å². The first kappa shape index (κ1) is 17.6. The van der Waals surface area contributed by atoms with Crippen LogP contribution in [-0.4, -0.2) is 36.6 Å². The lowest BCUT2D eigenvalue weighted by Crippen LogP contribution is -2.44. The maximum Gasteiger partial charge on any atom is 0.252 e. The normalized spacial score (nSPS) is 15.9. The summed E-state index contributed by atoms with van der Waals surface area (Å²) in [5.41, 5.74) is 6.50. The summed E-state index contributed by atoms with van der Waals surface area (Å²) in [5.74, 6) is 0.340. The molecule has 0 aliphatic carbocycles. The number of halogens is 1. The number of rotatable bonds is 5. The number of hydrogen-bond donors (Lipinski definition) is 2. The van der Waals surface area contributed by atoms with E-state index in [4.69, 9.17) is 5.73 Å². The summed E-state index contributed by atoms with van der Waals surface area (Å²) in [4.78, 5) is 18.5. The van der Waals surface area contributed by atoms with Crippen LogP contribution in [0.4, 0.5) is 10.2 Å². The standard InChI is InChI=1S/C19H25FN4O/c1-12(2)11-22-15-5-7-24(8-6-15)19-16(18(21)25)9-13-3-4-14(20)10-17(13)23-19/h3-4,9-10,12,15,22H,5-8,11H2,1-2H3,(H2,21,25). The fourth-order valence-corrected chi connectivity index (χ4v) is 3.25. The minimum absolute atomic E-state index is 0.339. The lowest BCUT2D eigenvalue weighted by Gasteiger charge is -2.34. The Morgan fingerprint density at radius 1 is 1.36 bits per heavy atom. The predicted octanol–water partition coefficient (Wildman–Crippen LogP) is 2.69. The highest BCUT2D eigenvalue weighted by molar-refractivity contribution is 6.01. The summed E-state index contributed by atoms with van der Waals surface area (Å²) >= 11 is 0. The minimum atomic E-state index is -0.506. The zero-order valence-electron chi connectivity index (χ0n) is 14.8. The maximum atomic E-state index is 13.5. The lowest BCUT2D eigenvalue weighted by molar-refractivity contribution is 0.100. The molecule has 0 radical (unpaired) electrons. The quantitative estimate of drug-likeness (QED) is 0.875. The molecule has 2 heterocycles. The van der Waals surface area contributed by atoms with Gasteiger partial charge in [-0.2, -0.15) is 0 Å². The van der Waals surface area contributed by atoms with Crippen LogP contribution in [0.5, 0.6) is 0 Å². The van der Waals surface area contributed by atoms with E-state index in [2.05, 4.69) is 29.0 Å². The van der Waals surface area contributed by atoms with Gasteiger partial charge in [-0.25, -0.2) is 9.37 Å². The Balaban J connectivity index is 1.83. The number of anilines is 1. The highest BCUT2D eigenvalue weighted by atomic mass is 19.1. The number of aromatic nitrogens is 1. The Labute approximate surface area is 147 Å². The monoisotopic (exact) mass is 344 g/mol. The van der Waals surface area contributed by atoms with Gasteiger partial charge in [0.05, 0.1) is 11.1 Å². The Bertz CT molecular complexity index is 769. The van der Waals surface area contributed by atoms with Crippen molar-refractivity contribution in [1.82, 2.24) is 10.3 Å². The Morgan fingerprint density at radius 3 is 2.72 bits per heavy atom. The van der Waals surface area contributed by atoms with Gasteiger partial charge < -0.3 is 16.0 Å². The van der Waals surface area contributed by atoms with Crippen LogP contribution in [0.1, 0.15) is 37.0 Å². The topological polar surface area (TPSA) is 71.2 Å². The number of fused-ring (bicyclic) bond motifs is 1. The summed E-state index contributed by atoms with van der Waals surface area (Å²) < 4.78 is 13.5. The second-order valence-corrected chi connectivity index (χ2v) is 7.12. The van der Waals surface area contributed by atoms with E-state index in [0.717, 1.165) is 32.5 Å². The number of benzene rings is 1. The van der Waals surface area contributed by atoms with Crippen molar-refractivity contribution in [1.29, 1.82) is 0 Å². The number of amides is 1. The van der Waals surface area contributed by atoms with Gasteiger partial charge in [-0.15, -0.1) is 0 Å². The smallest absolute Gasteiger partial charge is 0.252 e. The van der Waals surface area contributed by atoms with E-state index >= 15 is 0 Å². The summed E-state index contributed by atoms with van der Waals surface area (Å²) in [6, 6.07) is 6.56. The van der Waals surface area contributed by atoms with Crippen molar-refractivity contribution < 1.29 is 9.18 Å². The highest BCUT2D eigenvalue weighted by Crippen LogP contribution is 2.26. The summed E-state index contributed by atoms with van der Waals surface area (Å²) in [6.45, 7) is 6.98. The van der Waals surface area contributed by atoms with Crippen LogP contribution >= 0.6 is 0 Å². The molecule has 3 N–H and O–H groups in total. The number of carbonyl (C=O) groups excluding carboxylic acids is 1. The van der Waals surface area contributed by atoms with Gasteiger partial charge in [0.2, 0.25) is 0 Å². The van der Waals surface area contributed by atoms with Crippen LogP contribution in [0.25, 0.3) is 10.9 Å². The van der Waals surface area contributed by atoms with Crippen LogP contribution in [0.3, 0.4) is 0 Å². The molecule has 0 atom stereocenters. The first-order valence-electron chi connectivity index (χ1n) is 8.82. The van der Waals surface area contributed by atoms with Crippen molar-refractivity contribution >= 4 is 22.6 Å². The molecule has 1 saturated heterocycles. The molecule has 134 valence electrons. The van der Waals surface area contributed by atoms with Crippen LogP contribution in [0.15, 0.2) is 24.3 Å². The molecule has 1 fully saturated rings. The Hall–Kier alpha value is -2.21. The molecular formula is C19H25FN4O. The van der Waals surface area contributed by atoms with Crippen LogP contribution in [-0.2, 0) is 0 Å². The van der Waals surface area contributed by atoms with Crippen molar-refractivity contribution in [3.63, 3.8) is 0 Å². The van der Waals surface area contributed by atoms with E-state index in [1.54, 1.807) is 12.1 Å². The largest absolute Gasteiger partial charge is 0.365 e. The summed E-state index contributed by atoms with van der Waals surface area (Å²) in [5, 5.41) is 4.29. The van der Waals surface area contributed by atoms with Gasteiger partial charge in [0.1, 0.15) is 11.6 Å². The zero-order valence-corrected chi connectivity index (χ0v) is 14.8. The molecule has 1 aliphatic heterocycles. The molecule has 1 aromatic carbocycles. The fourth-order valence-electron chi connectivity index (χ4n) is 3.25. The number of carbonyl (C=O) groups is 1. The number of hydrogen-bond acceptors (Lipinski definition) is 4. The second kappa shape index (κ2) is 7.35. The predicted molar refractivity (Wildman–Crippen MR) is 98.3 cm³/mol. The number of primary amides is 1. The molecular weight excluding hydrogens is 319 g/mol. The van der Waals surface area contributed by atoms with Gasteiger partial charge in [0.25, 0.3) is 5.91 Å². The summed E-state index contributed by atoms with van der Waals surface area (Å²) in [6.07, 6.45) is 1.96. The molecule has 0 spiro atoms. The van der Waals surface area contributed by atoms with E-state index in [9.17, 15) is 9.18 Å². The Morgan fingerprint density at radius 2 is 2.08 bits per heavy atom. The van der Waals surface area contributed by atoms with Gasteiger partial charge in [-0.3, -0.25) is 4.79 Å². The molecule has 1 aromatic heterocycles. The average Bonchev–Trinajstić information content (AvgIpc) is 2.59. The minimum Gasteiger partial charge on any atom is -0.365 e. The van der Waals surface area contributed by atoms with E-state index in [1.165, 1.54) is 12.1 Å². The SMILES string of the molecule is CC(C)CNC1CCN(c2nc3cc(F)ccc3cc2C(N)=O)CC1. The molecule has 0 saturated carbocycles. The van der Waals surface area contributed by atoms with Crippen molar-refractivity contribution in [2.75, 3.05) is 24.5 Å². The zero-order chi connectivity index (χ0) is 18.0. The molecule has 1 aliphatic rings. The highest BCUT2D eigenvalue weighted by Gasteiger charge is 2.24. The van der Waals surface area contributed by atoms with Gasteiger partial charge in [0.15, 0.2) is 0 Å². The molecule has 1 amide bonds. The van der Waals surface area contributed by atoms with Crippen molar-refractivity contribution in [3.8, 4) is 0 Å². The maximum absolute atomic E-state index is 13.5. The first-order valence-corrected chi connectivity index (χ1v) is 8.82. The van der Waals surface area contributed by atoms with E-state index in [0.29, 0.717) is 34.2 Å². The van der Waals surface area contributed by atoms with Crippen LogP contribution in [0.2, 0.25) is 0 Å². The van der Waals surface area contributed by atoms with Gasteiger partial charge >= 0.3 is 0 Å². The second-order valence-electron chi connectivity index (χ2n) is 7.12. The van der Waals surface area contributed by atoms with Gasteiger partial charge in [0, 0.05) is 30.6 Å². The average molecular weight is 344 g/mol. The van der Waals surface area contributed by atoms with E-state index < -0.39 is 5.91 Å². The third-order valence-electron chi connectivity index (χ3n) is 4.63. The Kier molecular flexibility index (Phi) is 5.18. The number of piperidine rings is 1. The number of nitrogens with one attached hydrogen (secondary N) is 1. The van der Waals surface area contributed by atoms with Crippen molar-refractivity contribution in [3.05, 3.63) is 35.6 Å². The molecule has 6 heteroatoms. The van der Waals surface area contributed by atoms with Crippen LogP contribution < -0.4 is 16.0 Å². The van der Waals surface area contributed by atoms with Crippen molar-refractivity contribution in [2.45, 2.75) is 32.7 Å². The van der Waals surface area contributed by atoms with E-state index in [1.807, 2.05) is 0 Å².